The fourth-order valence-corrected chi connectivity index (χ4v) is 3.66. The molecule has 24 heavy (non-hydrogen) atoms. The molecule has 0 amide bonds. The van der Waals surface area contributed by atoms with Crippen LogP contribution in [-0.4, -0.2) is 9.97 Å². The number of aromatic nitrogens is 2. The van der Waals surface area contributed by atoms with E-state index in [2.05, 4.69) is 31.2 Å². The number of hydrogen-bond donors (Lipinski definition) is 1. The maximum atomic E-state index is 13.2. The molecule has 2 aromatic carbocycles. The van der Waals surface area contributed by atoms with Gasteiger partial charge in [-0.3, -0.25) is 0 Å². The second-order valence-corrected chi connectivity index (χ2v) is 6.96. The Balaban J connectivity index is 1.82. The van der Waals surface area contributed by atoms with Crippen LogP contribution in [0.25, 0.3) is 21.3 Å². The van der Waals surface area contributed by atoms with Crippen LogP contribution in [0.1, 0.15) is 0 Å². The highest BCUT2D eigenvalue weighted by Gasteiger charge is 2.13. The molecule has 0 spiro atoms. The topological polar surface area (TPSA) is 37.8 Å². The number of halogens is 2. The molecule has 0 saturated carbocycles. The van der Waals surface area contributed by atoms with Crippen LogP contribution in [0.15, 0.2) is 64.7 Å². The average Bonchev–Trinajstić information content (AvgIpc) is 3.03. The first-order chi connectivity index (χ1) is 11.7. The normalized spacial score (nSPS) is 10.9. The molecule has 118 valence electrons. The summed E-state index contributed by atoms with van der Waals surface area (Å²) in [6, 6.07) is 14.4. The van der Waals surface area contributed by atoms with Crippen LogP contribution < -0.4 is 5.32 Å². The Hall–Kier alpha value is -2.31. The van der Waals surface area contributed by atoms with Crippen molar-refractivity contribution in [2.24, 2.45) is 0 Å². The van der Waals surface area contributed by atoms with Crippen molar-refractivity contribution >= 4 is 49.0 Å². The monoisotopic (exact) mass is 399 g/mol. The van der Waals surface area contributed by atoms with Gasteiger partial charge in [0, 0.05) is 21.1 Å². The Labute approximate surface area is 150 Å². The summed E-state index contributed by atoms with van der Waals surface area (Å²) in [7, 11) is 0. The quantitative estimate of drug-likeness (QED) is 0.458. The lowest BCUT2D eigenvalue weighted by Gasteiger charge is -2.08. The number of thiophene rings is 1. The molecule has 0 unspecified atom stereocenters. The number of benzene rings is 2. The van der Waals surface area contributed by atoms with E-state index < -0.39 is 0 Å². The number of fused-ring (bicyclic) bond motifs is 1. The molecule has 3 nitrogen and oxygen atoms in total. The fraction of sp³-hybridized carbons (Fsp3) is 0. The van der Waals surface area contributed by atoms with Crippen LogP contribution >= 0.6 is 27.3 Å². The van der Waals surface area contributed by atoms with E-state index in [9.17, 15) is 4.39 Å². The average molecular weight is 400 g/mol. The van der Waals surface area contributed by atoms with Gasteiger partial charge < -0.3 is 5.32 Å². The van der Waals surface area contributed by atoms with Crippen LogP contribution in [0.5, 0.6) is 0 Å². The van der Waals surface area contributed by atoms with Gasteiger partial charge in [-0.2, -0.15) is 0 Å². The van der Waals surface area contributed by atoms with Gasteiger partial charge in [0.05, 0.1) is 5.39 Å². The molecule has 0 aliphatic heterocycles. The number of hydrogen-bond acceptors (Lipinski definition) is 4. The molecule has 1 N–H and O–H groups in total. The summed E-state index contributed by atoms with van der Waals surface area (Å²) in [6.45, 7) is 0. The summed E-state index contributed by atoms with van der Waals surface area (Å²) in [5.74, 6) is 0.491. The molecule has 2 heterocycles. The second kappa shape index (κ2) is 6.30. The molecule has 0 aliphatic rings. The highest BCUT2D eigenvalue weighted by atomic mass is 79.9. The Bertz CT molecular complexity index is 997. The minimum atomic E-state index is -0.247. The summed E-state index contributed by atoms with van der Waals surface area (Å²) >= 11 is 4.98. The Kier molecular flexibility index (Phi) is 4.00. The lowest BCUT2D eigenvalue weighted by atomic mass is 10.1. The van der Waals surface area contributed by atoms with Gasteiger partial charge in [0.1, 0.15) is 22.8 Å². The van der Waals surface area contributed by atoms with Crippen molar-refractivity contribution in [2.75, 3.05) is 5.32 Å². The van der Waals surface area contributed by atoms with Crippen molar-refractivity contribution < 1.29 is 4.39 Å². The van der Waals surface area contributed by atoms with Crippen molar-refractivity contribution in [3.05, 3.63) is 70.5 Å². The van der Waals surface area contributed by atoms with Gasteiger partial charge in [0.25, 0.3) is 0 Å². The Morgan fingerprint density at radius 1 is 0.958 bits per heavy atom. The zero-order valence-corrected chi connectivity index (χ0v) is 14.7. The van der Waals surface area contributed by atoms with E-state index in [1.807, 2.05) is 29.6 Å². The summed E-state index contributed by atoms with van der Waals surface area (Å²) in [5, 5.41) is 6.31. The van der Waals surface area contributed by atoms with Crippen LogP contribution in [0.4, 0.5) is 15.9 Å². The first-order valence-corrected chi connectivity index (χ1v) is 8.89. The third-order valence-corrected chi connectivity index (χ3v) is 5.05. The largest absolute Gasteiger partial charge is 0.340 e. The van der Waals surface area contributed by atoms with Gasteiger partial charge >= 0.3 is 0 Å². The second-order valence-electron chi connectivity index (χ2n) is 5.19. The molecule has 4 aromatic rings. The smallest absolute Gasteiger partial charge is 0.143 e. The fourth-order valence-electron chi connectivity index (χ4n) is 2.48. The number of anilines is 2. The zero-order chi connectivity index (χ0) is 16.5. The van der Waals surface area contributed by atoms with Gasteiger partial charge in [-0.25, -0.2) is 14.4 Å². The van der Waals surface area contributed by atoms with Crippen molar-refractivity contribution in [3.63, 3.8) is 0 Å². The van der Waals surface area contributed by atoms with E-state index in [1.54, 1.807) is 29.8 Å². The van der Waals surface area contributed by atoms with E-state index >= 15 is 0 Å². The van der Waals surface area contributed by atoms with Gasteiger partial charge in [-0.15, -0.1) is 11.3 Å². The van der Waals surface area contributed by atoms with Crippen molar-refractivity contribution in [3.8, 4) is 11.1 Å². The maximum absolute atomic E-state index is 13.2. The molecular weight excluding hydrogens is 389 g/mol. The van der Waals surface area contributed by atoms with Gasteiger partial charge in [0.2, 0.25) is 0 Å². The molecule has 0 bridgehead atoms. The lowest BCUT2D eigenvalue weighted by molar-refractivity contribution is 0.628. The summed E-state index contributed by atoms with van der Waals surface area (Å²) in [4.78, 5) is 9.64. The lowest BCUT2D eigenvalue weighted by Crippen LogP contribution is -1.95. The Morgan fingerprint density at radius 2 is 1.71 bits per heavy atom. The molecule has 0 aliphatic carbocycles. The maximum Gasteiger partial charge on any atom is 0.143 e. The third-order valence-electron chi connectivity index (χ3n) is 3.63. The molecule has 0 radical (unpaired) electrons. The molecule has 2 aromatic heterocycles. The van der Waals surface area contributed by atoms with Gasteiger partial charge in [-0.05, 0) is 42.0 Å². The van der Waals surface area contributed by atoms with E-state index in [4.69, 9.17) is 0 Å². The van der Waals surface area contributed by atoms with Crippen molar-refractivity contribution in [1.29, 1.82) is 0 Å². The third kappa shape index (κ3) is 2.90. The summed E-state index contributed by atoms with van der Waals surface area (Å²) < 4.78 is 14.2. The first-order valence-electron chi connectivity index (χ1n) is 7.21. The molecule has 0 fully saturated rings. The summed E-state index contributed by atoms with van der Waals surface area (Å²) in [6.07, 6.45) is 1.55. The SMILES string of the molecule is Fc1ccc(-c2csc3ncnc(Nc4ccc(Br)cc4)c23)cc1. The standard InChI is InChI=1S/C18H11BrFN3S/c19-12-3-7-14(8-4-12)23-17-16-15(9-24-18(16)22-10-21-17)11-1-5-13(20)6-2-11/h1-10H,(H,21,22,23). The van der Waals surface area contributed by atoms with Crippen LogP contribution in [0.3, 0.4) is 0 Å². The van der Waals surface area contributed by atoms with E-state index in [1.165, 1.54) is 12.1 Å². The van der Waals surface area contributed by atoms with Crippen molar-refractivity contribution in [2.45, 2.75) is 0 Å². The summed E-state index contributed by atoms with van der Waals surface area (Å²) in [5.41, 5.74) is 2.88. The minimum Gasteiger partial charge on any atom is -0.340 e. The highest BCUT2D eigenvalue weighted by Crippen LogP contribution is 2.37. The Morgan fingerprint density at radius 3 is 2.46 bits per heavy atom. The van der Waals surface area contributed by atoms with Gasteiger partial charge in [0.15, 0.2) is 0 Å². The molecule has 0 atom stereocenters. The molecule has 0 saturated heterocycles. The van der Waals surface area contributed by atoms with E-state index in [0.29, 0.717) is 0 Å². The van der Waals surface area contributed by atoms with Crippen LogP contribution in [0, 0.1) is 5.82 Å². The number of nitrogens with zero attached hydrogens (tertiary/aromatic N) is 2. The van der Waals surface area contributed by atoms with E-state index in [-0.39, 0.29) is 5.82 Å². The predicted molar refractivity (Wildman–Crippen MR) is 100 cm³/mol. The van der Waals surface area contributed by atoms with Crippen LogP contribution in [0.2, 0.25) is 0 Å². The predicted octanol–water partition coefficient (Wildman–Crippen LogP) is 6.00. The number of nitrogens with one attached hydrogen (secondary N) is 1. The molecule has 4 rings (SSSR count). The molecule has 6 heteroatoms. The number of rotatable bonds is 3. The van der Waals surface area contributed by atoms with E-state index in [0.717, 1.165) is 37.3 Å². The zero-order valence-electron chi connectivity index (χ0n) is 12.3. The van der Waals surface area contributed by atoms with Crippen LogP contribution in [-0.2, 0) is 0 Å². The first kappa shape index (κ1) is 15.2. The molecular formula is C18H11BrFN3S. The van der Waals surface area contributed by atoms with Crippen molar-refractivity contribution in [1.82, 2.24) is 9.97 Å². The minimum absolute atomic E-state index is 0.247. The highest BCUT2D eigenvalue weighted by molar-refractivity contribution is 9.10. The van der Waals surface area contributed by atoms with Gasteiger partial charge in [-0.1, -0.05) is 28.1 Å².